The molecule has 1 aromatic carbocycles. The zero-order chi connectivity index (χ0) is 14.3. The van der Waals surface area contributed by atoms with E-state index in [0.717, 1.165) is 12.0 Å². The van der Waals surface area contributed by atoms with Gasteiger partial charge in [-0.3, -0.25) is 0 Å². The highest BCUT2D eigenvalue weighted by molar-refractivity contribution is 7.89. The van der Waals surface area contributed by atoms with Crippen LogP contribution in [-0.2, 0) is 21.2 Å². The molecule has 0 fully saturated rings. The Morgan fingerprint density at radius 2 is 1.95 bits per heavy atom. The Morgan fingerprint density at radius 1 is 1.32 bits per heavy atom. The van der Waals surface area contributed by atoms with E-state index in [0.29, 0.717) is 6.42 Å². The zero-order valence-electron chi connectivity index (χ0n) is 11.3. The van der Waals surface area contributed by atoms with Crippen molar-refractivity contribution in [2.75, 3.05) is 20.3 Å². The van der Waals surface area contributed by atoms with Crippen LogP contribution in [0.3, 0.4) is 0 Å². The van der Waals surface area contributed by atoms with Gasteiger partial charge in [0.05, 0.1) is 17.6 Å². The van der Waals surface area contributed by atoms with E-state index in [-0.39, 0.29) is 18.0 Å². The van der Waals surface area contributed by atoms with Gasteiger partial charge in [-0.2, -0.15) is 0 Å². The van der Waals surface area contributed by atoms with Gasteiger partial charge in [0, 0.05) is 13.7 Å². The van der Waals surface area contributed by atoms with Crippen LogP contribution in [0.15, 0.2) is 29.2 Å². The first kappa shape index (κ1) is 16.1. The average molecular weight is 287 g/mol. The zero-order valence-corrected chi connectivity index (χ0v) is 12.1. The van der Waals surface area contributed by atoms with E-state index in [1.165, 1.54) is 7.11 Å². The SMILES string of the molecule is CCc1ccc(S(=O)(=O)NCCC(O)COC)cc1. The molecule has 1 rings (SSSR count). The molecule has 6 heteroatoms. The van der Waals surface area contributed by atoms with Crippen LogP contribution in [0.2, 0.25) is 0 Å². The molecule has 0 spiro atoms. The average Bonchev–Trinajstić information content (AvgIpc) is 2.39. The Balaban J connectivity index is 2.55. The molecule has 1 unspecified atom stereocenters. The van der Waals surface area contributed by atoms with Crippen molar-refractivity contribution in [3.05, 3.63) is 29.8 Å². The molecule has 0 aliphatic rings. The molecule has 1 aromatic rings. The molecular weight excluding hydrogens is 266 g/mol. The van der Waals surface area contributed by atoms with Crippen molar-refractivity contribution in [1.82, 2.24) is 4.72 Å². The molecule has 0 aromatic heterocycles. The van der Waals surface area contributed by atoms with Gasteiger partial charge in [-0.1, -0.05) is 19.1 Å². The third-order valence-electron chi connectivity index (χ3n) is 2.77. The molecule has 0 amide bonds. The number of nitrogens with one attached hydrogen (secondary N) is 1. The van der Waals surface area contributed by atoms with Gasteiger partial charge in [0.1, 0.15) is 0 Å². The second-order valence-corrected chi connectivity index (χ2v) is 6.06. The first-order chi connectivity index (χ1) is 8.99. The van der Waals surface area contributed by atoms with Gasteiger partial charge in [0.15, 0.2) is 0 Å². The van der Waals surface area contributed by atoms with Crippen LogP contribution in [0.4, 0.5) is 0 Å². The van der Waals surface area contributed by atoms with Gasteiger partial charge in [-0.25, -0.2) is 13.1 Å². The minimum atomic E-state index is -3.50. The topological polar surface area (TPSA) is 75.6 Å². The predicted molar refractivity (Wildman–Crippen MR) is 73.5 cm³/mol. The minimum Gasteiger partial charge on any atom is -0.391 e. The molecule has 0 saturated carbocycles. The summed E-state index contributed by atoms with van der Waals surface area (Å²) in [5, 5.41) is 9.43. The fourth-order valence-electron chi connectivity index (χ4n) is 1.62. The van der Waals surface area contributed by atoms with Crippen LogP contribution in [0.5, 0.6) is 0 Å². The number of hydrogen-bond donors (Lipinski definition) is 2. The minimum absolute atomic E-state index is 0.183. The number of aliphatic hydroxyl groups excluding tert-OH is 1. The Bertz CT molecular complexity index is 470. The van der Waals surface area contributed by atoms with E-state index in [9.17, 15) is 13.5 Å². The van der Waals surface area contributed by atoms with E-state index in [4.69, 9.17) is 4.74 Å². The summed E-state index contributed by atoms with van der Waals surface area (Å²) < 4.78 is 31.1. The molecule has 108 valence electrons. The van der Waals surface area contributed by atoms with Crippen molar-refractivity contribution >= 4 is 10.0 Å². The monoisotopic (exact) mass is 287 g/mol. The maximum absolute atomic E-state index is 11.9. The van der Waals surface area contributed by atoms with Crippen LogP contribution < -0.4 is 4.72 Å². The van der Waals surface area contributed by atoms with Crippen molar-refractivity contribution in [2.45, 2.75) is 30.8 Å². The third-order valence-corrected chi connectivity index (χ3v) is 4.25. The number of rotatable bonds is 8. The number of methoxy groups -OCH3 is 1. The molecule has 0 aliphatic heterocycles. The number of benzene rings is 1. The highest BCUT2D eigenvalue weighted by Crippen LogP contribution is 2.10. The van der Waals surface area contributed by atoms with Gasteiger partial charge in [-0.05, 0) is 30.5 Å². The molecule has 2 N–H and O–H groups in total. The number of aliphatic hydroxyl groups is 1. The first-order valence-electron chi connectivity index (χ1n) is 6.25. The van der Waals surface area contributed by atoms with Gasteiger partial charge in [0.2, 0.25) is 10.0 Å². The molecule has 0 radical (unpaired) electrons. The highest BCUT2D eigenvalue weighted by Gasteiger charge is 2.14. The lowest BCUT2D eigenvalue weighted by Crippen LogP contribution is -2.28. The van der Waals surface area contributed by atoms with Crippen LogP contribution in [0.25, 0.3) is 0 Å². The van der Waals surface area contributed by atoms with Crippen LogP contribution in [0, 0.1) is 0 Å². The summed E-state index contributed by atoms with van der Waals surface area (Å²) in [6, 6.07) is 6.78. The molecule has 5 nitrogen and oxygen atoms in total. The predicted octanol–water partition coefficient (Wildman–Crippen LogP) is 0.925. The molecule has 0 aliphatic carbocycles. The summed E-state index contributed by atoms with van der Waals surface area (Å²) in [6.07, 6.45) is 0.534. The Labute approximate surface area is 114 Å². The summed E-state index contributed by atoms with van der Waals surface area (Å²) >= 11 is 0. The number of sulfonamides is 1. The largest absolute Gasteiger partial charge is 0.391 e. The number of ether oxygens (including phenoxy) is 1. The van der Waals surface area contributed by atoms with E-state index >= 15 is 0 Å². The highest BCUT2D eigenvalue weighted by atomic mass is 32.2. The maximum atomic E-state index is 11.9. The number of hydrogen-bond acceptors (Lipinski definition) is 4. The third kappa shape index (κ3) is 5.28. The Kier molecular flexibility index (Phi) is 6.44. The molecule has 0 bridgehead atoms. The number of aryl methyl sites for hydroxylation is 1. The smallest absolute Gasteiger partial charge is 0.240 e. The van der Waals surface area contributed by atoms with Crippen LogP contribution in [0.1, 0.15) is 18.9 Å². The molecule has 0 saturated heterocycles. The van der Waals surface area contributed by atoms with Crippen LogP contribution >= 0.6 is 0 Å². The van der Waals surface area contributed by atoms with Gasteiger partial charge >= 0.3 is 0 Å². The van der Waals surface area contributed by atoms with Crippen molar-refractivity contribution < 1.29 is 18.3 Å². The summed E-state index contributed by atoms with van der Waals surface area (Å²) in [6.45, 7) is 2.40. The van der Waals surface area contributed by atoms with Crippen molar-refractivity contribution in [1.29, 1.82) is 0 Å². The van der Waals surface area contributed by atoms with Crippen LogP contribution in [-0.4, -0.2) is 39.9 Å². The summed E-state index contributed by atoms with van der Waals surface area (Å²) in [4.78, 5) is 0.242. The lowest BCUT2D eigenvalue weighted by Gasteiger charge is -2.10. The normalized spacial score (nSPS) is 13.4. The fraction of sp³-hybridized carbons (Fsp3) is 0.538. The van der Waals surface area contributed by atoms with E-state index in [1.54, 1.807) is 24.3 Å². The second kappa shape index (κ2) is 7.59. The van der Waals surface area contributed by atoms with Crippen molar-refractivity contribution in [3.63, 3.8) is 0 Å². The summed E-state index contributed by atoms with van der Waals surface area (Å²) in [7, 11) is -2.01. The summed E-state index contributed by atoms with van der Waals surface area (Å²) in [5.41, 5.74) is 1.09. The molecule has 19 heavy (non-hydrogen) atoms. The summed E-state index contributed by atoms with van der Waals surface area (Å²) in [5.74, 6) is 0. The molecular formula is C13H21NO4S. The first-order valence-corrected chi connectivity index (χ1v) is 7.73. The van der Waals surface area contributed by atoms with E-state index < -0.39 is 16.1 Å². The second-order valence-electron chi connectivity index (χ2n) is 4.29. The van der Waals surface area contributed by atoms with Gasteiger partial charge in [-0.15, -0.1) is 0 Å². The maximum Gasteiger partial charge on any atom is 0.240 e. The van der Waals surface area contributed by atoms with Gasteiger partial charge < -0.3 is 9.84 Å². The quantitative estimate of drug-likeness (QED) is 0.745. The van der Waals surface area contributed by atoms with Crippen molar-refractivity contribution in [3.8, 4) is 0 Å². The lowest BCUT2D eigenvalue weighted by molar-refractivity contribution is 0.0603. The lowest BCUT2D eigenvalue weighted by atomic mass is 10.2. The molecule has 0 heterocycles. The van der Waals surface area contributed by atoms with E-state index in [2.05, 4.69) is 4.72 Å². The van der Waals surface area contributed by atoms with Crippen molar-refractivity contribution in [2.24, 2.45) is 0 Å². The van der Waals surface area contributed by atoms with E-state index in [1.807, 2.05) is 6.92 Å². The Morgan fingerprint density at radius 3 is 2.47 bits per heavy atom. The standard InChI is InChI=1S/C13H21NO4S/c1-3-11-4-6-13(7-5-11)19(16,17)14-9-8-12(15)10-18-2/h4-7,12,14-15H,3,8-10H2,1-2H3. The Hall–Kier alpha value is -0.950. The van der Waals surface area contributed by atoms with Gasteiger partial charge in [0.25, 0.3) is 0 Å². The fourth-order valence-corrected chi connectivity index (χ4v) is 2.67. The molecule has 1 atom stereocenters.